The molecule has 0 spiro atoms. The first-order valence-electron chi connectivity index (χ1n) is 9.57. The third-order valence-electron chi connectivity index (χ3n) is 5.42. The van der Waals surface area contributed by atoms with Crippen LogP contribution in [0.3, 0.4) is 0 Å². The predicted octanol–water partition coefficient (Wildman–Crippen LogP) is 1.43. The van der Waals surface area contributed by atoms with E-state index >= 15 is 0 Å². The number of amides is 1. The van der Waals surface area contributed by atoms with Crippen LogP contribution in [-0.4, -0.2) is 63.5 Å². The fourth-order valence-electron chi connectivity index (χ4n) is 3.98. The number of nitrogens with zero attached hydrogens (tertiary/aromatic N) is 4. The minimum absolute atomic E-state index is 0.105. The summed E-state index contributed by atoms with van der Waals surface area (Å²) in [6.07, 6.45) is 5.79. The van der Waals surface area contributed by atoms with Crippen LogP contribution in [0.2, 0.25) is 0 Å². The van der Waals surface area contributed by atoms with Crippen molar-refractivity contribution in [1.29, 1.82) is 0 Å². The first-order valence-corrected chi connectivity index (χ1v) is 9.57. The van der Waals surface area contributed by atoms with Gasteiger partial charge in [-0.3, -0.25) is 9.69 Å². The van der Waals surface area contributed by atoms with Crippen LogP contribution in [0.1, 0.15) is 50.7 Å². The van der Waals surface area contributed by atoms with Gasteiger partial charge in [-0.05, 0) is 53.0 Å². The number of piperidine rings is 1. The maximum absolute atomic E-state index is 12.6. The van der Waals surface area contributed by atoms with Gasteiger partial charge in [0.15, 0.2) is 0 Å². The summed E-state index contributed by atoms with van der Waals surface area (Å²) in [7, 11) is 0. The number of rotatable bonds is 6. The van der Waals surface area contributed by atoms with Crippen molar-refractivity contribution in [3.8, 4) is 0 Å². The lowest BCUT2D eigenvalue weighted by Crippen LogP contribution is -2.53. The highest BCUT2D eigenvalue weighted by atomic mass is 16.5. The Bertz CT molecular complexity index is 582. The van der Waals surface area contributed by atoms with Crippen LogP contribution in [0.5, 0.6) is 0 Å². The van der Waals surface area contributed by atoms with Crippen LogP contribution < -0.4 is 5.32 Å². The summed E-state index contributed by atoms with van der Waals surface area (Å²) >= 11 is 0. The van der Waals surface area contributed by atoms with E-state index in [2.05, 4.69) is 20.3 Å². The number of aromatic nitrogens is 3. The molecular weight excluding hydrogens is 318 g/mol. The van der Waals surface area contributed by atoms with Gasteiger partial charge in [-0.2, -0.15) is 5.10 Å². The highest BCUT2D eigenvalue weighted by molar-refractivity contribution is 5.81. The van der Waals surface area contributed by atoms with Gasteiger partial charge in [0.2, 0.25) is 5.91 Å². The molecule has 1 amide bonds. The summed E-state index contributed by atoms with van der Waals surface area (Å²) in [5.74, 6) is 1.86. The van der Waals surface area contributed by atoms with E-state index in [1.165, 1.54) is 6.42 Å². The maximum Gasteiger partial charge on any atom is 0.237 e. The van der Waals surface area contributed by atoms with Crippen molar-refractivity contribution < 1.29 is 9.53 Å². The maximum atomic E-state index is 12.6. The van der Waals surface area contributed by atoms with E-state index in [9.17, 15) is 4.79 Å². The Morgan fingerprint density at radius 3 is 2.84 bits per heavy atom. The van der Waals surface area contributed by atoms with Crippen LogP contribution in [0.4, 0.5) is 0 Å². The molecular formula is C18H31N5O2. The van der Waals surface area contributed by atoms with Crippen LogP contribution in [-0.2, 0) is 16.1 Å². The summed E-state index contributed by atoms with van der Waals surface area (Å²) in [5.41, 5.74) is 0. The van der Waals surface area contributed by atoms with Crippen molar-refractivity contribution in [3.05, 3.63) is 11.6 Å². The molecule has 0 aromatic carbocycles. The molecule has 140 valence electrons. The van der Waals surface area contributed by atoms with E-state index in [0.29, 0.717) is 12.6 Å². The predicted molar refractivity (Wildman–Crippen MR) is 95.3 cm³/mol. The van der Waals surface area contributed by atoms with E-state index in [4.69, 9.17) is 4.74 Å². The lowest BCUT2D eigenvalue weighted by molar-refractivity contribution is -0.128. The molecule has 0 bridgehead atoms. The second kappa shape index (κ2) is 8.27. The number of carbonyl (C=O) groups is 1. The quantitative estimate of drug-likeness (QED) is 0.841. The first-order chi connectivity index (χ1) is 12.0. The van der Waals surface area contributed by atoms with Gasteiger partial charge in [-0.25, -0.2) is 9.67 Å². The Kier molecular flexibility index (Phi) is 6.06. The molecule has 1 aromatic heterocycles. The Balaban J connectivity index is 1.58. The smallest absolute Gasteiger partial charge is 0.237 e. The van der Waals surface area contributed by atoms with Crippen LogP contribution >= 0.6 is 0 Å². The van der Waals surface area contributed by atoms with Crippen molar-refractivity contribution in [1.82, 2.24) is 25.0 Å². The molecule has 2 aliphatic rings. The molecule has 0 saturated carbocycles. The summed E-state index contributed by atoms with van der Waals surface area (Å²) < 4.78 is 7.58. The third kappa shape index (κ3) is 4.58. The number of nitrogens with one attached hydrogen (secondary N) is 1. The van der Waals surface area contributed by atoms with Crippen molar-refractivity contribution in [2.24, 2.45) is 0 Å². The number of hydrogen-bond donors (Lipinski definition) is 1. The zero-order valence-corrected chi connectivity index (χ0v) is 15.7. The molecule has 7 heteroatoms. The van der Waals surface area contributed by atoms with Crippen LogP contribution in [0.25, 0.3) is 0 Å². The van der Waals surface area contributed by atoms with Crippen LogP contribution in [0, 0.1) is 13.8 Å². The van der Waals surface area contributed by atoms with Gasteiger partial charge in [-0.1, -0.05) is 6.42 Å². The zero-order valence-electron chi connectivity index (χ0n) is 15.7. The summed E-state index contributed by atoms with van der Waals surface area (Å²) in [6, 6.07) is 0.202. The van der Waals surface area contributed by atoms with Gasteiger partial charge in [0.25, 0.3) is 0 Å². The minimum Gasteiger partial charge on any atom is -0.376 e. The van der Waals surface area contributed by atoms with Gasteiger partial charge in [-0.15, -0.1) is 0 Å². The van der Waals surface area contributed by atoms with Gasteiger partial charge in [0.05, 0.1) is 18.7 Å². The standard InChI is InChI=1S/C18H31N5O2/c1-13(18(24)19-11-17-8-6-10-25-17)22-9-5-4-7-16(22)12-23-15(3)20-14(2)21-23/h13,16-17H,4-12H2,1-3H3,(H,19,24). The molecule has 3 heterocycles. The molecule has 3 rings (SSSR count). The van der Waals surface area contributed by atoms with Gasteiger partial charge in [0, 0.05) is 19.2 Å². The molecule has 2 aliphatic heterocycles. The fraction of sp³-hybridized carbons (Fsp3) is 0.833. The fourth-order valence-corrected chi connectivity index (χ4v) is 3.98. The first kappa shape index (κ1) is 18.3. The summed E-state index contributed by atoms with van der Waals surface area (Å²) in [6.45, 7) is 9.14. The normalized spacial score (nSPS) is 25.9. The van der Waals surface area contributed by atoms with Gasteiger partial charge < -0.3 is 10.1 Å². The summed E-state index contributed by atoms with van der Waals surface area (Å²) in [5, 5.41) is 7.57. The monoisotopic (exact) mass is 349 g/mol. The SMILES string of the molecule is Cc1nc(C)n(CC2CCCCN2C(C)C(=O)NCC2CCCO2)n1. The molecule has 3 atom stereocenters. The van der Waals surface area contributed by atoms with E-state index < -0.39 is 0 Å². The number of hydrogen-bond acceptors (Lipinski definition) is 5. The third-order valence-corrected chi connectivity index (χ3v) is 5.42. The minimum atomic E-state index is -0.128. The average molecular weight is 349 g/mol. The molecule has 0 aliphatic carbocycles. The van der Waals surface area contributed by atoms with Gasteiger partial charge in [0.1, 0.15) is 11.6 Å². The average Bonchev–Trinajstić information content (AvgIpc) is 3.22. The number of aryl methyl sites for hydroxylation is 2. The molecule has 7 nitrogen and oxygen atoms in total. The van der Waals surface area contributed by atoms with Crippen molar-refractivity contribution in [2.75, 3.05) is 19.7 Å². The largest absolute Gasteiger partial charge is 0.376 e. The molecule has 0 radical (unpaired) electrons. The lowest BCUT2D eigenvalue weighted by Gasteiger charge is -2.39. The number of ether oxygens (including phenoxy) is 1. The van der Waals surface area contributed by atoms with Gasteiger partial charge >= 0.3 is 0 Å². The molecule has 25 heavy (non-hydrogen) atoms. The Labute approximate surface area is 150 Å². The second-order valence-corrected chi connectivity index (χ2v) is 7.33. The molecule has 3 unspecified atom stereocenters. The van der Waals surface area contributed by atoms with Crippen LogP contribution in [0.15, 0.2) is 0 Å². The molecule has 1 aromatic rings. The Hall–Kier alpha value is -1.47. The number of likely N-dealkylation sites (tertiary alicyclic amines) is 1. The van der Waals surface area contributed by atoms with E-state index in [0.717, 1.165) is 57.0 Å². The molecule has 2 saturated heterocycles. The van der Waals surface area contributed by atoms with E-state index in [1.807, 2.05) is 25.5 Å². The van der Waals surface area contributed by atoms with E-state index in [-0.39, 0.29) is 18.1 Å². The lowest BCUT2D eigenvalue weighted by atomic mass is 9.99. The molecule has 2 fully saturated rings. The van der Waals surface area contributed by atoms with Crippen molar-refractivity contribution in [2.45, 2.75) is 77.6 Å². The van der Waals surface area contributed by atoms with E-state index in [1.54, 1.807) is 0 Å². The second-order valence-electron chi connectivity index (χ2n) is 7.33. The topological polar surface area (TPSA) is 72.3 Å². The zero-order chi connectivity index (χ0) is 17.8. The van der Waals surface area contributed by atoms with Crippen molar-refractivity contribution >= 4 is 5.91 Å². The Morgan fingerprint density at radius 2 is 2.16 bits per heavy atom. The molecule has 1 N–H and O–H groups in total. The highest BCUT2D eigenvalue weighted by Gasteiger charge is 2.31. The van der Waals surface area contributed by atoms with Crippen molar-refractivity contribution in [3.63, 3.8) is 0 Å². The highest BCUT2D eigenvalue weighted by Crippen LogP contribution is 2.21. The Morgan fingerprint density at radius 1 is 1.32 bits per heavy atom. The summed E-state index contributed by atoms with van der Waals surface area (Å²) in [4.78, 5) is 19.4. The number of carbonyl (C=O) groups excluding carboxylic acids is 1.